The van der Waals surface area contributed by atoms with Crippen LogP contribution in [-0.2, 0) is 6.54 Å². The van der Waals surface area contributed by atoms with Crippen molar-refractivity contribution in [2.45, 2.75) is 32.4 Å². The SMILES string of the molecule is Cc1ccc(-c2ncc(CN(CCO)C3CC3)s2)o1. The van der Waals surface area contributed by atoms with Gasteiger partial charge in [0.15, 0.2) is 10.8 Å². The molecule has 1 aliphatic rings. The molecular formula is C14H18N2O2S. The van der Waals surface area contributed by atoms with Crippen LogP contribution in [0.25, 0.3) is 10.8 Å². The molecule has 1 fully saturated rings. The lowest BCUT2D eigenvalue weighted by atomic mass is 10.4. The number of hydrogen-bond acceptors (Lipinski definition) is 5. The molecule has 0 bridgehead atoms. The third-order valence-electron chi connectivity index (χ3n) is 3.31. The van der Waals surface area contributed by atoms with Crippen LogP contribution in [0.3, 0.4) is 0 Å². The van der Waals surface area contributed by atoms with Gasteiger partial charge >= 0.3 is 0 Å². The molecule has 2 heterocycles. The largest absolute Gasteiger partial charge is 0.459 e. The molecule has 4 nitrogen and oxygen atoms in total. The van der Waals surface area contributed by atoms with Crippen molar-refractivity contribution < 1.29 is 9.52 Å². The first kappa shape index (κ1) is 12.8. The monoisotopic (exact) mass is 278 g/mol. The fourth-order valence-corrected chi connectivity index (χ4v) is 3.10. The summed E-state index contributed by atoms with van der Waals surface area (Å²) >= 11 is 1.67. The Bertz CT molecular complexity index is 545. The lowest BCUT2D eigenvalue weighted by Gasteiger charge is -2.19. The van der Waals surface area contributed by atoms with Gasteiger partial charge in [0.1, 0.15) is 5.76 Å². The molecule has 2 aromatic rings. The van der Waals surface area contributed by atoms with E-state index in [9.17, 15) is 0 Å². The minimum Gasteiger partial charge on any atom is -0.459 e. The van der Waals surface area contributed by atoms with E-state index in [0.29, 0.717) is 6.04 Å². The predicted molar refractivity (Wildman–Crippen MR) is 75.1 cm³/mol. The molecular weight excluding hydrogens is 260 g/mol. The second kappa shape index (κ2) is 5.45. The molecule has 1 saturated carbocycles. The van der Waals surface area contributed by atoms with Crippen LogP contribution in [0.5, 0.6) is 0 Å². The van der Waals surface area contributed by atoms with Crippen LogP contribution in [0.1, 0.15) is 23.5 Å². The second-order valence-electron chi connectivity index (χ2n) is 4.97. The van der Waals surface area contributed by atoms with Crippen molar-refractivity contribution in [1.82, 2.24) is 9.88 Å². The van der Waals surface area contributed by atoms with Gasteiger partial charge < -0.3 is 9.52 Å². The van der Waals surface area contributed by atoms with Gasteiger partial charge in [-0.3, -0.25) is 4.90 Å². The van der Waals surface area contributed by atoms with Crippen molar-refractivity contribution in [3.63, 3.8) is 0 Å². The zero-order chi connectivity index (χ0) is 13.2. The molecule has 0 unspecified atom stereocenters. The summed E-state index contributed by atoms with van der Waals surface area (Å²) in [5.74, 6) is 1.75. The molecule has 0 spiro atoms. The highest BCUT2D eigenvalue weighted by molar-refractivity contribution is 7.14. The molecule has 0 saturated heterocycles. The first-order valence-corrected chi connectivity index (χ1v) is 7.44. The molecule has 3 rings (SSSR count). The van der Waals surface area contributed by atoms with E-state index in [4.69, 9.17) is 9.52 Å². The standard InChI is InChI=1S/C14H18N2O2S/c1-10-2-5-13(18-10)14-15-8-12(19-14)9-16(6-7-17)11-3-4-11/h2,5,8,11,17H,3-4,6-7,9H2,1H3. The molecule has 102 valence electrons. The van der Waals surface area contributed by atoms with E-state index in [0.717, 1.165) is 29.6 Å². The summed E-state index contributed by atoms with van der Waals surface area (Å²) in [7, 11) is 0. The van der Waals surface area contributed by atoms with Gasteiger partial charge in [-0.25, -0.2) is 4.98 Å². The molecule has 0 amide bonds. The highest BCUT2D eigenvalue weighted by atomic mass is 32.1. The maximum Gasteiger partial charge on any atom is 0.162 e. The first-order chi connectivity index (χ1) is 9.26. The Morgan fingerprint density at radius 1 is 1.47 bits per heavy atom. The minimum absolute atomic E-state index is 0.222. The predicted octanol–water partition coefficient (Wildman–Crippen LogP) is 2.67. The average molecular weight is 278 g/mol. The number of nitrogens with zero attached hydrogens (tertiary/aromatic N) is 2. The smallest absolute Gasteiger partial charge is 0.162 e. The molecule has 1 N–H and O–H groups in total. The molecule has 1 aliphatic carbocycles. The molecule has 5 heteroatoms. The summed E-state index contributed by atoms with van der Waals surface area (Å²) in [5.41, 5.74) is 0. The van der Waals surface area contributed by atoms with Crippen molar-refractivity contribution in [3.8, 4) is 10.8 Å². The lowest BCUT2D eigenvalue weighted by molar-refractivity contribution is 0.184. The fourth-order valence-electron chi connectivity index (χ4n) is 2.20. The van der Waals surface area contributed by atoms with Crippen LogP contribution < -0.4 is 0 Å². The molecule has 19 heavy (non-hydrogen) atoms. The molecule has 0 atom stereocenters. The Morgan fingerprint density at radius 3 is 2.95 bits per heavy atom. The maximum atomic E-state index is 9.11. The molecule has 0 radical (unpaired) electrons. The van der Waals surface area contributed by atoms with Crippen molar-refractivity contribution in [2.24, 2.45) is 0 Å². The number of hydrogen-bond donors (Lipinski definition) is 1. The van der Waals surface area contributed by atoms with E-state index in [-0.39, 0.29) is 6.61 Å². The lowest BCUT2D eigenvalue weighted by Crippen LogP contribution is -2.28. The van der Waals surface area contributed by atoms with Crippen LogP contribution in [0.2, 0.25) is 0 Å². The van der Waals surface area contributed by atoms with E-state index in [1.165, 1.54) is 17.7 Å². The quantitative estimate of drug-likeness (QED) is 0.882. The van der Waals surface area contributed by atoms with Gasteiger partial charge in [-0.1, -0.05) is 0 Å². The topological polar surface area (TPSA) is 49.5 Å². The third-order valence-corrected chi connectivity index (χ3v) is 4.31. The average Bonchev–Trinajstić information content (AvgIpc) is 2.99. The van der Waals surface area contributed by atoms with Gasteiger partial charge in [0.2, 0.25) is 0 Å². The molecule has 0 aromatic carbocycles. The van der Waals surface area contributed by atoms with Crippen LogP contribution >= 0.6 is 11.3 Å². The highest BCUT2D eigenvalue weighted by Gasteiger charge is 2.28. The number of aliphatic hydroxyl groups excluding tert-OH is 1. The van der Waals surface area contributed by atoms with Gasteiger partial charge in [0, 0.05) is 30.2 Å². The van der Waals surface area contributed by atoms with Crippen molar-refractivity contribution >= 4 is 11.3 Å². The van der Waals surface area contributed by atoms with E-state index >= 15 is 0 Å². The van der Waals surface area contributed by atoms with Gasteiger partial charge in [0.25, 0.3) is 0 Å². The van der Waals surface area contributed by atoms with Crippen LogP contribution in [0, 0.1) is 6.92 Å². The van der Waals surface area contributed by atoms with E-state index in [2.05, 4.69) is 9.88 Å². The normalized spacial score (nSPS) is 15.3. The Morgan fingerprint density at radius 2 is 2.32 bits per heavy atom. The van der Waals surface area contributed by atoms with Gasteiger partial charge in [-0.15, -0.1) is 11.3 Å². The summed E-state index contributed by atoms with van der Waals surface area (Å²) < 4.78 is 5.59. The van der Waals surface area contributed by atoms with Crippen LogP contribution in [0.15, 0.2) is 22.7 Å². The van der Waals surface area contributed by atoms with Gasteiger partial charge in [-0.05, 0) is 31.9 Å². The number of aryl methyl sites for hydroxylation is 1. The summed E-state index contributed by atoms with van der Waals surface area (Å²) in [6, 6.07) is 4.58. The summed E-state index contributed by atoms with van der Waals surface area (Å²) in [6.07, 6.45) is 4.43. The summed E-state index contributed by atoms with van der Waals surface area (Å²) in [5, 5.41) is 10.0. The number of aromatic nitrogens is 1. The molecule has 2 aromatic heterocycles. The fraction of sp³-hybridized carbons (Fsp3) is 0.500. The van der Waals surface area contributed by atoms with Crippen LogP contribution in [-0.4, -0.2) is 34.2 Å². The summed E-state index contributed by atoms with van der Waals surface area (Å²) in [4.78, 5) is 7.99. The number of furan rings is 1. The maximum absolute atomic E-state index is 9.11. The van der Waals surface area contributed by atoms with Gasteiger partial charge in [0.05, 0.1) is 6.61 Å². The zero-order valence-electron chi connectivity index (χ0n) is 11.0. The van der Waals surface area contributed by atoms with Gasteiger partial charge in [-0.2, -0.15) is 0 Å². The number of aliphatic hydroxyl groups is 1. The van der Waals surface area contributed by atoms with Crippen LogP contribution in [0.4, 0.5) is 0 Å². The van der Waals surface area contributed by atoms with E-state index in [1.807, 2.05) is 25.3 Å². The second-order valence-corrected chi connectivity index (χ2v) is 6.08. The summed E-state index contributed by atoms with van der Waals surface area (Å²) in [6.45, 7) is 3.79. The highest BCUT2D eigenvalue weighted by Crippen LogP contribution is 2.31. The Kier molecular flexibility index (Phi) is 3.68. The molecule has 0 aliphatic heterocycles. The van der Waals surface area contributed by atoms with Crippen molar-refractivity contribution in [3.05, 3.63) is 29.0 Å². The Balaban J connectivity index is 1.70. The Hall–Kier alpha value is -1.17. The van der Waals surface area contributed by atoms with Crippen molar-refractivity contribution in [2.75, 3.05) is 13.2 Å². The number of thiazole rings is 1. The third kappa shape index (κ3) is 3.05. The zero-order valence-corrected chi connectivity index (χ0v) is 11.8. The Labute approximate surface area is 116 Å². The minimum atomic E-state index is 0.222. The van der Waals surface area contributed by atoms with E-state index < -0.39 is 0 Å². The first-order valence-electron chi connectivity index (χ1n) is 6.62. The van der Waals surface area contributed by atoms with E-state index in [1.54, 1.807) is 11.3 Å². The number of rotatable bonds is 6. The van der Waals surface area contributed by atoms with Crippen molar-refractivity contribution in [1.29, 1.82) is 0 Å².